The van der Waals surface area contributed by atoms with Crippen molar-refractivity contribution in [1.29, 1.82) is 0 Å². The van der Waals surface area contributed by atoms with Crippen molar-refractivity contribution in [2.24, 2.45) is 0 Å². The fourth-order valence-electron chi connectivity index (χ4n) is 3.12. The van der Waals surface area contributed by atoms with Crippen molar-refractivity contribution in [3.05, 3.63) is 71.0 Å². The summed E-state index contributed by atoms with van der Waals surface area (Å²) >= 11 is 0. The first-order chi connectivity index (χ1) is 13.4. The molecule has 2 aromatic heterocycles. The van der Waals surface area contributed by atoms with Crippen LogP contribution in [-0.2, 0) is 24.0 Å². The SMILES string of the molecule is C[O-].Cc1cc(C)c2cccnc2c1[O-].Cc1cc(C)c2cccnc2c1[O-].[O-2].[V]. The summed E-state index contributed by atoms with van der Waals surface area (Å²) in [5.74, 6) is 0.0856. The van der Waals surface area contributed by atoms with E-state index in [1.807, 2.05) is 64.1 Å². The molecule has 1 radical (unpaired) electrons. The van der Waals surface area contributed by atoms with Gasteiger partial charge in [-0.25, -0.2) is 0 Å². The Hall–Kier alpha value is -2.64. The third-order valence-corrected chi connectivity index (χ3v) is 4.48. The molecule has 2 aromatic carbocycles. The third-order valence-electron chi connectivity index (χ3n) is 4.48. The number of pyridine rings is 2. The zero-order chi connectivity index (χ0) is 20.8. The molecular formula is C23H23N2O4V-5. The molecule has 0 fully saturated rings. The van der Waals surface area contributed by atoms with Gasteiger partial charge in [0.1, 0.15) is 0 Å². The summed E-state index contributed by atoms with van der Waals surface area (Å²) in [6.45, 7) is 7.64. The average Bonchev–Trinajstić information content (AvgIpc) is 2.72. The van der Waals surface area contributed by atoms with E-state index in [9.17, 15) is 10.2 Å². The van der Waals surface area contributed by atoms with E-state index in [-0.39, 0.29) is 35.5 Å². The summed E-state index contributed by atoms with van der Waals surface area (Å²) in [7, 11) is 0.750. The molecule has 0 spiro atoms. The fraction of sp³-hybridized carbons (Fsp3) is 0.217. The maximum atomic E-state index is 11.6. The molecule has 6 nitrogen and oxygen atoms in total. The van der Waals surface area contributed by atoms with Crippen molar-refractivity contribution in [2.75, 3.05) is 7.11 Å². The molecule has 0 unspecified atom stereocenters. The standard InChI is InChI=1S/2C11H11NO.CH3O.O.V/c2*1-7-6-8(2)11(13)10-9(7)4-3-5-12-10;1-2;;/h2*3-6,13H,1-2H3;1H3;;/q;;-1;-2;/p-2. The molecule has 4 aromatic rings. The molecule has 0 atom stereocenters. The van der Waals surface area contributed by atoms with Crippen LogP contribution in [0.3, 0.4) is 0 Å². The second-order valence-electron chi connectivity index (χ2n) is 6.48. The minimum absolute atomic E-state index is 0. The quantitative estimate of drug-likeness (QED) is 0.414. The van der Waals surface area contributed by atoms with E-state index in [1.54, 1.807) is 12.4 Å². The van der Waals surface area contributed by atoms with Crippen LogP contribution in [0.15, 0.2) is 48.8 Å². The maximum Gasteiger partial charge on any atom is 0.0628 e. The molecule has 30 heavy (non-hydrogen) atoms. The predicted molar refractivity (Wildman–Crippen MR) is 108 cm³/mol. The van der Waals surface area contributed by atoms with Crippen LogP contribution >= 0.6 is 0 Å². The Labute approximate surface area is 188 Å². The van der Waals surface area contributed by atoms with E-state index in [0.29, 0.717) is 11.0 Å². The molecular weight excluding hydrogens is 419 g/mol. The van der Waals surface area contributed by atoms with Gasteiger partial charge in [-0.2, -0.15) is 7.11 Å². The van der Waals surface area contributed by atoms with Gasteiger partial charge in [0, 0.05) is 41.7 Å². The topological polar surface area (TPSA) is 123 Å². The zero-order valence-electron chi connectivity index (χ0n) is 17.6. The molecule has 0 aliphatic rings. The fourth-order valence-corrected chi connectivity index (χ4v) is 3.12. The van der Waals surface area contributed by atoms with E-state index in [2.05, 4.69) is 9.97 Å². The van der Waals surface area contributed by atoms with Gasteiger partial charge >= 0.3 is 0 Å². The second kappa shape index (κ2) is 12.1. The summed E-state index contributed by atoms with van der Waals surface area (Å²) in [5, 5.41) is 33.4. The van der Waals surface area contributed by atoms with Crippen molar-refractivity contribution in [2.45, 2.75) is 27.7 Å². The largest absolute Gasteiger partial charge is 2.00 e. The number of aryl methyl sites for hydroxylation is 4. The van der Waals surface area contributed by atoms with E-state index in [0.717, 1.165) is 40.1 Å². The van der Waals surface area contributed by atoms with Crippen LogP contribution in [0.4, 0.5) is 0 Å². The first kappa shape index (κ1) is 27.4. The normalized spacial score (nSPS) is 9.40. The Morgan fingerprint density at radius 2 is 0.967 bits per heavy atom. The van der Waals surface area contributed by atoms with E-state index < -0.39 is 0 Å². The van der Waals surface area contributed by atoms with Crippen molar-refractivity contribution < 1.29 is 39.4 Å². The third kappa shape index (κ3) is 5.71. The number of aromatic nitrogens is 2. The average molecular weight is 442 g/mol. The molecule has 0 amide bonds. The van der Waals surface area contributed by atoms with Gasteiger partial charge < -0.3 is 20.8 Å². The van der Waals surface area contributed by atoms with Gasteiger partial charge in [-0.3, -0.25) is 9.97 Å². The molecule has 7 heteroatoms. The Balaban J connectivity index is 0.000000488. The number of hydrogen-bond acceptors (Lipinski definition) is 5. The van der Waals surface area contributed by atoms with E-state index in [4.69, 9.17) is 5.11 Å². The van der Waals surface area contributed by atoms with Crippen LogP contribution in [0.5, 0.6) is 11.5 Å². The van der Waals surface area contributed by atoms with Crippen molar-refractivity contribution in [1.82, 2.24) is 9.97 Å². The van der Waals surface area contributed by atoms with Gasteiger partial charge in [0.25, 0.3) is 0 Å². The van der Waals surface area contributed by atoms with Gasteiger partial charge in [0.15, 0.2) is 0 Å². The molecule has 0 aliphatic carbocycles. The summed E-state index contributed by atoms with van der Waals surface area (Å²) in [4.78, 5) is 8.18. The van der Waals surface area contributed by atoms with Crippen LogP contribution < -0.4 is 15.3 Å². The van der Waals surface area contributed by atoms with Crippen LogP contribution in [0.25, 0.3) is 21.8 Å². The molecule has 159 valence electrons. The van der Waals surface area contributed by atoms with Gasteiger partial charge in [-0.1, -0.05) is 46.9 Å². The molecule has 0 aliphatic heterocycles. The molecule has 0 saturated carbocycles. The smallest absolute Gasteiger partial charge is 0.0628 e. The number of fused-ring (bicyclic) bond motifs is 2. The summed E-state index contributed by atoms with van der Waals surface area (Å²) < 4.78 is 0. The Kier molecular flexibility index (Phi) is 11.1. The second-order valence-corrected chi connectivity index (χ2v) is 6.48. The van der Waals surface area contributed by atoms with E-state index in [1.165, 1.54) is 0 Å². The van der Waals surface area contributed by atoms with Gasteiger partial charge in [0.2, 0.25) is 0 Å². The molecule has 0 bridgehead atoms. The first-order valence-corrected chi connectivity index (χ1v) is 8.85. The number of rotatable bonds is 0. The van der Waals surface area contributed by atoms with Gasteiger partial charge in [0.05, 0.1) is 11.0 Å². The first-order valence-electron chi connectivity index (χ1n) is 8.85. The number of benzene rings is 2. The summed E-state index contributed by atoms with van der Waals surface area (Å²) in [5.41, 5.74) is 4.92. The molecule has 2 heterocycles. The van der Waals surface area contributed by atoms with Crippen molar-refractivity contribution in [3.8, 4) is 11.5 Å². The summed E-state index contributed by atoms with van der Waals surface area (Å²) in [6, 6.07) is 11.4. The molecule has 0 saturated heterocycles. The Morgan fingerprint density at radius 1 is 0.633 bits per heavy atom. The zero-order valence-corrected chi connectivity index (χ0v) is 19.0. The van der Waals surface area contributed by atoms with Crippen LogP contribution in [-0.4, -0.2) is 17.1 Å². The van der Waals surface area contributed by atoms with Crippen molar-refractivity contribution >= 4 is 21.8 Å². The molecule has 0 N–H and O–H groups in total. The van der Waals surface area contributed by atoms with Gasteiger partial charge in [-0.15, -0.1) is 0 Å². The monoisotopic (exact) mass is 442 g/mol. The van der Waals surface area contributed by atoms with E-state index >= 15 is 0 Å². The van der Waals surface area contributed by atoms with Gasteiger partial charge in [-0.05, 0) is 51.0 Å². The Bertz CT molecular complexity index is 1030. The minimum atomic E-state index is 0. The number of hydrogen-bond donors (Lipinski definition) is 0. The summed E-state index contributed by atoms with van der Waals surface area (Å²) in [6.07, 6.45) is 3.31. The number of nitrogens with zero attached hydrogens (tertiary/aromatic N) is 2. The predicted octanol–water partition coefficient (Wildman–Crippen LogP) is 2.71. The van der Waals surface area contributed by atoms with Crippen LogP contribution in [0, 0.1) is 27.7 Å². The minimum Gasteiger partial charge on any atom is -2.00 e. The maximum absolute atomic E-state index is 11.6. The van der Waals surface area contributed by atoms with Crippen molar-refractivity contribution in [3.63, 3.8) is 0 Å². The Morgan fingerprint density at radius 3 is 1.30 bits per heavy atom. The van der Waals surface area contributed by atoms with Crippen LogP contribution in [0.1, 0.15) is 22.3 Å². The molecule has 4 rings (SSSR count). The van der Waals surface area contributed by atoms with Crippen LogP contribution in [0.2, 0.25) is 0 Å².